The molecule has 1 nitrogen and oxygen atoms in total. The molecule has 3 aromatic carbocycles. The van der Waals surface area contributed by atoms with Gasteiger partial charge in [-0.3, -0.25) is 0 Å². The van der Waals surface area contributed by atoms with Crippen LogP contribution in [-0.4, -0.2) is 0 Å². The molecule has 24 heavy (non-hydrogen) atoms. The van der Waals surface area contributed by atoms with Crippen molar-refractivity contribution in [1.29, 1.82) is 0 Å². The van der Waals surface area contributed by atoms with Crippen molar-refractivity contribution in [2.24, 2.45) is 0 Å². The summed E-state index contributed by atoms with van der Waals surface area (Å²) in [4.78, 5) is 2.34. The monoisotopic (exact) mass is 329 g/mol. The van der Waals surface area contributed by atoms with Gasteiger partial charge in [-0.05, 0) is 55.6 Å². The third-order valence-corrected chi connectivity index (χ3v) is 5.32. The second kappa shape index (κ2) is 6.14. The number of hydrogen-bond donors (Lipinski definition) is 0. The first kappa shape index (κ1) is 15.0. The highest BCUT2D eigenvalue weighted by molar-refractivity contribution is 7.23. The van der Waals surface area contributed by atoms with Gasteiger partial charge < -0.3 is 4.90 Å². The lowest BCUT2D eigenvalue weighted by atomic mass is 10.1. The summed E-state index contributed by atoms with van der Waals surface area (Å²) in [6.45, 7) is 4.25. The number of rotatable bonds is 3. The summed E-state index contributed by atoms with van der Waals surface area (Å²) in [7, 11) is 0. The van der Waals surface area contributed by atoms with Crippen LogP contribution in [0.2, 0.25) is 0 Å². The van der Waals surface area contributed by atoms with E-state index in [0.717, 1.165) is 0 Å². The lowest BCUT2D eigenvalue weighted by Gasteiger charge is -2.23. The lowest BCUT2D eigenvalue weighted by molar-refractivity contribution is 1.30. The normalized spacial score (nSPS) is 10.9. The number of hydrogen-bond acceptors (Lipinski definition) is 2. The fraction of sp³-hybridized carbons (Fsp3) is 0.0909. The molecule has 0 unspecified atom stereocenters. The van der Waals surface area contributed by atoms with Crippen molar-refractivity contribution in [1.82, 2.24) is 0 Å². The highest BCUT2D eigenvalue weighted by atomic mass is 32.1. The second-order valence-corrected chi connectivity index (χ2v) is 7.19. The van der Waals surface area contributed by atoms with E-state index in [4.69, 9.17) is 0 Å². The maximum atomic E-state index is 2.34. The van der Waals surface area contributed by atoms with Gasteiger partial charge in [0.1, 0.15) is 5.00 Å². The van der Waals surface area contributed by atoms with E-state index in [1.54, 1.807) is 0 Å². The Morgan fingerprint density at radius 3 is 1.75 bits per heavy atom. The molecule has 2 heteroatoms. The SMILES string of the molecule is Cc1ccc(N(c2ccc(C)cc2)c2cc3ccccc3s2)cc1. The Balaban J connectivity index is 1.88. The molecule has 4 rings (SSSR count). The summed E-state index contributed by atoms with van der Waals surface area (Å²) in [6, 6.07) is 28.3. The van der Waals surface area contributed by atoms with Crippen molar-refractivity contribution < 1.29 is 0 Å². The number of benzene rings is 3. The Hall–Kier alpha value is -2.58. The van der Waals surface area contributed by atoms with Crippen LogP contribution in [0.25, 0.3) is 10.1 Å². The van der Waals surface area contributed by atoms with Gasteiger partial charge in [-0.15, -0.1) is 11.3 Å². The van der Waals surface area contributed by atoms with Crippen LogP contribution in [0.4, 0.5) is 16.4 Å². The summed E-state index contributed by atoms with van der Waals surface area (Å²) >= 11 is 1.83. The van der Waals surface area contributed by atoms with E-state index in [9.17, 15) is 0 Å². The Morgan fingerprint density at radius 1 is 0.667 bits per heavy atom. The molecular weight excluding hydrogens is 310 g/mol. The van der Waals surface area contributed by atoms with Gasteiger partial charge in [0.05, 0.1) is 0 Å². The van der Waals surface area contributed by atoms with E-state index in [-0.39, 0.29) is 0 Å². The zero-order valence-electron chi connectivity index (χ0n) is 13.9. The molecular formula is C22H19NS. The topological polar surface area (TPSA) is 3.24 Å². The van der Waals surface area contributed by atoms with E-state index in [1.165, 1.54) is 37.6 Å². The van der Waals surface area contributed by atoms with Gasteiger partial charge in [-0.1, -0.05) is 53.6 Å². The molecule has 0 bridgehead atoms. The molecule has 0 fully saturated rings. The minimum Gasteiger partial charge on any atom is -0.302 e. The predicted molar refractivity (Wildman–Crippen MR) is 106 cm³/mol. The number of anilines is 3. The molecule has 0 radical (unpaired) electrons. The molecule has 118 valence electrons. The molecule has 0 aliphatic heterocycles. The van der Waals surface area contributed by atoms with Crippen molar-refractivity contribution in [2.45, 2.75) is 13.8 Å². The molecule has 0 amide bonds. The summed E-state index contributed by atoms with van der Waals surface area (Å²) in [6.07, 6.45) is 0. The van der Waals surface area contributed by atoms with Gasteiger partial charge in [0.2, 0.25) is 0 Å². The van der Waals surface area contributed by atoms with Crippen molar-refractivity contribution >= 4 is 37.8 Å². The minimum atomic E-state index is 1.19. The molecule has 0 saturated heterocycles. The first-order valence-corrected chi connectivity index (χ1v) is 8.94. The van der Waals surface area contributed by atoms with Crippen LogP contribution in [0.3, 0.4) is 0 Å². The number of thiophene rings is 1. The first-order chi connectivity index (χ1) is 11.7. The van der Waals surface area contributed by atoms with Gasteiger partial charge in [-0.25, -0.2) is 0 Å². The minimum absolute atomic E-state index is 1.19. The Bertz CT molecular complexity index is 886. The Labute approximate surface area is 146 Å². The van der Waals surface area contributed by atoms with Crippen LogP contribution < -0.4 is 4.90 Å². The second-order valence-electron chi connectivity index (χ2n) is 6.13. The van der Waals surface area contributed by atoms with Gasteiger partial charge in [0, 0.05) is 16.1 Å². The fourth-order valence-corrected chi connectivity index (χ4v) is 3.97. The molecule has 0 saturated carbocycles. The molecule has 0 aliphatic rings. The zero-order valence-corrected chi connectivity index (χ0v) is 14.7. The molecule has 1 heterocycles. The first-order valence-electron chi connectivity index (χ1n) is 8.13. The molecule has 0 atom stereocenters. The molecule has 1 aromatic heterocycles. The standard InChI is InChI=1S/C22H19NS/c1-16-7-11-19(12-8-16)23(20-13-9-17(2)10-14-20)22-15-18-5-3-4-6-21(18)24-22/h3-15H,1-2H3. The van der Waals surface area contributed by atoms with E-state index in [2.05, 4.69) is 97.6 Å². The van der Waals surface area contributed by atoms with Gasteiger partial charge in [-0.2, -0.15) is 0 Å². The van der Waals surface area contributed by atoms with Crippen LogP contribution >= 0.6 is 11.3 Å². The predicted octanol–water partition coefficient (Wildman–Crippen LogP) is 6.99. The Morgan fingerprint density at radius 2 is 1.21 bits per heavy atom. The third kappa shape index (κ3) is 2.81. The average Bonchev–Trinajstić information content (AvgIpc) is 3.02. The van der Waals surface area contributed by atoms with Crippen LogP contribution in [0.5, 0.6) is 0 Å². The van der Waals surface area contributed by atoms with E-state index in [0.29, 0.717) is 0 Å². The largest absolute Gasteiger partial charge is 0.302 e. The smallest absolute Gasteiger partial charge is 0.101 e. The molecule has 0 aliphatic carbocycles. The molecule has 0 spiro atoms. The van der Waals surface area contributed by atoms with Crippen molar-refractivity contribution in [2.75, 3.05) is 4.90 Å². The summed E-state index contributed by atoms with van der Waals surface area (Å²) in [5, 5.41) is 2.53. The maximum Gasteiger partial charge on any atom is 0.101 e. The number of aryl methyl sites for hydroxylation is 2. The average molecular weight is 329 g/mol. The highest BCUT2D eigenvalue weighted by Crippen LogP contribution is 2.41. The Kier molecular flexibility index (Phi) is 3.83. The summed E-state index contributed by atoms with van der Waals surface area (Å²) < 4.78 is 1.32. The summed E-state index contributed by atoms with van der Waals surface area (Å²) in [5.41, 5.74) is 4.94. The van der Waals surface area contributed by atoms with Gasteiger partial charge >= 0.3 is 0 Å². The quantitative estimate of drug-likeness (QED) is 0.391. The number of nitrogens with zero attached hydrogens (tertiary/aromatic N) is 1. The molecule has 4 aromatic rings. The van der Waals surface area contributed by atoms with Crippen LogP contribution in [0.1, 0.15) is 11.1 Å². The van der Waals surface area contributed by atoms with E-state index < -0.39 is 0 Å². The van der Waals surface area contributed by atoms with Crippen molar-refractivity contribution in [3.05, 3.63) is 90.0 Å². The van der Waals surface area contributed by atoms with Gasteiger partial charge in [0.15, 0.2) is 0 Å². The van der Waals surface area contributed by atoms with E-state index >= 15 is 0 Å². The maximum absolute atomic E-state index is 2.34. The number of fused-ring (bicyclic) bond motifs is 1. The van der Waals surface area contributed by atoms with E-state index in [1.807, 2.05) is 11.3 Å². The fourth-order valence-electron chi connectivity index (χ4n) is 2.87. The van der Waals surface area contributed by atoms with Gasteiger partial charge in [0.25, 0.3) is 0 Å². The highest BCUT2D eigenvalue weighted by Gasteiger charge is 2.14. The van der Waals surface area contributed by atoms with Crippen LogP contribution in [-0.2, 0) is 0 Å². The lowest BCUT2D eigenvalue weighted by Crippen LogP contribution is -2.08. The van der Waals surface area contributed by atoms with Crippen molar-refractivity contribution in [3.63, 3.8) is 0 Å². The zero-order chi connectivity index (χ0) is 16.5. The van der Waals surface area contributed by atoms with Crippen LogP contribution in [0, 0.1) is 13.8 Å². The third-order valence-electron chi connectivity index (χ3n) is 4.22. The van der Waals surface area contributed by atoms with Crippen molar-refractivity contribution in [3.8, 4) is 0 Å². The molecule has 0 N–H and O–H groups in total. The summed E-state index contributed by atoms with van der Waals surface area (Å²) in [5.74, 6) is 0. The van der Waals surface area contributed by atoms with Crippen LogP contribution in [0.15, 0.2) is 78.9 Å².